The first-order valence-electron chi connectivity index (χ1n) is 12.1. The Balaban J connectivity index is 1.29. The van der Waals surface area contributed by atoms with Crippen LogP contribution >= 0.6 is 11.3 Å². The predicted molar refractivity (Wildman–Crippen MR) is 117 cm³/mol. The Hall–Kier alpha value is -0.810. The molecule has 8 atom stereocenters. The van der Waals surface area contributed by atoms with E-state index in [2.05, 4.69) is 11.9 Å². The van der Waals surface area contributed by atoms with Crippen molar-refractivity contribution >= 4 is 17.1 Å². The number of aliphatic hydroxyl groups is 1. The first-order valence-corrected chi connectivity index (χ1v) is 13.0. The molecule has 0 unspecified atom stereocenters. The number of fused-ring (bicyclic) bond motifs is 5. The van der Waals surface area contributed by atoms with Gasteiger partial charge in [0.05, 0.1) is 23.7 Å². The molecule has 0 aliphatic heterocycles. The lowest BCUT2D eigenvalue weighted by molar-refractivity contribution is -0.132. The molecule has 0 radical (unpaired) electrons. The van der Waals surface area contributed by atoms with E-state index < -0.39 is 12.3 Å². The second-order valence-corrected chi connectivity index (χ2v) is 12.1. The van der Waals surface area contributed by atoms with Gasteiger partial charge in [-0.15, -0.1) is 11.3 Å². The van der Waals surface area contributed by atoms with Crippen molar-refractivity contribution in [2.45, 2.75) is 83.2 Å². The molecule has 0 aromatic carbocycles. The first kappa shape index (κ1) is 21.1. The van der Waals surface area contributed by atoms with Gasteiger partial charge in [0.2, 0.25) is 0 Å². The molecule has 4 saturated carbocycles. The lowest BCUT2D eigenvalue weighted by atomic mass is 9.48. The van der Waals surface area contributed by atoms with Crippen molar-refractivity contribution in [2.75, 3.05) is 6.67 Å². The Morgan fingerprint density at radius 2 is 2.00 bits per heavy atom. The standard InChI is InChI=1S/C25H36FNO2S/c1-24-8-6-18-17-7-9-25(29,10-11-26)15-16(17)2-3-19(18)20(24)4-5-21(24)22(28)14-23-27-12-13-30-23/h12-13,16-21,29H,2-11,14-15H2,1H3/t16-,17+,18-,19-,20+,21-,24+,25+/m1/s1. The summed E-state index contributed by atoms with van der Waals surface area (Å²) in [5, 5.41) is 13.7. The average molecular weight is 434 g/mol. The van der Waals surface area contributed by atoms with E-state index in [1.807, 2.05) is 5.38 Å². The van der Waals surface area contributed by atoms with E-state index in [4.69, 9.17) is 0 Å². The minimum absolute atomic E-state index is 0.159. The lowest BCUT2D eigenvalue weighted by Crippen LogP contribution is -2.51. The zero-order valence-corrected chi connectivity index (χ0v) is 19.0. The number of hydrogen-bond donors (Lipinski definition) is 1. The maximum Gasteiger partial charge on any atom is 0.143 e. The number of hydrogen-bond acceptors (Lipinski definition) is 4. The number of carbonyl (C=O) groups excluding carboxylic acids is 1. The Morgan fingerprint density at radius 3 is 2.77 bits per heavy atom. The van der Waals surface area contributed by atoms with Crippen molar-refractivity contribution in [3.8, 4) is 0 Å². The van der Waals surface area contributed by atoms with Crippen molar-refractivity contribution in [3.63, 3.8) is 0 Å². The highest BCUT2D eigenvalue weighted by atomic mass is 32.1. The van der Waals surface area contributed by atoms with Gasteiger partial charge in [0.25, 0.3) is 0 Å². The highest BCUT2D eigenvalue weighted by Crippen LogP contribution is 2.64. The highest BCUT2D eigenvalue weighted by Gasteiger charge is 2.58. The summed E-state index contributed by atoms with van der Waals surface area (Å²) < 4.78 is 12.9. The molecule has 1 aromatic heterocycles. The second-order valence-electron chi connectivity index (χ2n) is 11.1. The topological polar surface area (TPSA) is 50.2 Å². The van der Waals surface area contributed by atoms with Crippen molar-refractivity contribution in [1.29, 1.82) is 0 Å². The molecule has 4 aliphatic carbocycles. The smallest absolute Gasteiger partial charge is 0.143 e. The lowest BCUT2D eigenvalue weighted by Gasteiger charge is -2.57. The van der Waals surface area contributed by atoms with Crippen molar-refractivity contribution < 1.29 is 14.3 Å². The second kappa shape index (κ2) is 7.95. The van der Waals surface area contributed by atoms with Gasteiger partial charge in [0, 0.05) is 23.9 Å². The molecule has 4 fully saturated rings. The number of alkyl halides is 1. The van der Waals surface area contributed by atoms with E-state index in [9.17, 15) is 14.3 Å². The van der Waals surface area contributed by atoms with Crippen LogP contribution in [0.2, 0.25) is 0 Å². The minimum atomic E-state index is -0.757. The van der Waals surface area contributed by atoms with E-state index in [1.54, 1.807) is 17.5 Å². The molecule has 0 amide bonds. The molecule has 30 heavy (non-hydrogen) atoms. The number of halogens is 1. The molecule has 3 nitrogen and oxygen atoms in total. The quantitative estimate of drug-likeness (QED) is 0.656. The van der Waals surface area contributed by atoms with Gasteiger partial charge in [-0.3, -0.25) is 9.18 Å². The van der Waals surface area contributed by atoms with Crippen molar-refractivity contribution in [3.05, 3.63) is 16.6 Å². The van der Waals surface area contributed by atoms with Crippen molar-refractivity contribution in [2.24, 2.45) is 40.9 Å². The Bertz CT molecular complexity index is 769. The maximum atomic E-state index is 13.2. The fourth-order valence-corrected chi connectivity index (χ4v) is 9.13. The van der Waals surface area contributed by atoms with E-state index in [0.717, 1.165) is 42.5 Å². The Labute approximate surface area is 183 Å². The summed E-state index contributed by atoms with van der Waals surface area (Å²) in [6, 6.07) is 0. The van der Waals surface area contributed by atoms with Crippen LogP contribution in [0.3, 0.4) is 0 Å². The highest BCUT2D eigenvalue weighted by molar-refractivity contribution is 7.09. The zero-order chi connectivity index (χ0) is 20.9. The molecule has 5 heteroatoms. The summed E-state index contributed by atoms with van der Waals surface area (Å²) in [7, 11) is 0. The number of carbonyl (C=O) groups is 1. The molecule has 1 aromatic rings. The van der Waals surface area contributed by atoms with Gasteiger partial charge in [-0.25, -0.2) is 4.98 Å². The fraction of sp³-hybridized carbons (Fsp3) is 0.840. The zero-order valence-electron chi connectivity index (χ0n) is 18.2. The summed E-state index contributed by atoms with van der Waals surface area (Å²) in [4.78, 5) is 17.5. The minimum Gasteiger partial charge on any atom is -0.390 e. The monoisotopic (exact) mass is 433 g/mol. The third-order valence-corrected chi connectivity index (χ3v) is 10.6. The molecule has 4 aliphatic rings. The molecule has 1 heterocycles. The molecular weight excluding hydrogens is 397 g/mol. The van der Waals surface area contributed by atoms with Gasteiger partial charge < -0.3 is 5.11 Å². The molecule has 0 spiro atoms. The summed E-state index contributed by atoms with van der Waals surface area (Å²) in [5.74, 6) is 4.07. The van der Waals surface area contributed by atoms with Crippen LogP contribution in [-0.2, 0) is 11.2 Å². The van der Waals surface area contributed by atoms with E-state index in [1.165, 1.54) is 32.1 Å². The molecule has 1 N–H and O–H groups in total. The third kappa shape index (κ3) is 3.48. The van der Waals surface area contributed by atoms with Gasteiger partial charge in [-0.1, -0.05) is 6.92 Å². The van der Waals surface area contributed by atoms with Crippen LogP contribution in [0, 0.1) is 40.9 Å². The summed E-state index contributed by atoms with van der Waals surface area (Å²) in [5.41, 5.74) is -0.599. The number of aromatic nitrogens is 1. The van der Waals surface area contributed by atoms with E-state index in [0.29, 0.717) is 36.4 Å². The fourth-order valence-electron chi connectivity index (χ4n) is 8.51. The predicted octanol–water partition coefficient (Wildman–Crippen LogP) is 5.61. The normalized spacial score (nSPS) is 45.4. The molecule has 0 saturated heterocycles. The van der Waals surface area contributed by atoms with Gasteiger partial charge in [-0.05, 0) is 92.8 Å². The average Bonchev–Trinajstić information content (AvgIpc) is 3.34. The van der Waals surface area contributed by atoms with E-state index >= 15 is 0 Å². The number of ketones is 1. The van der Waals surface area contributed by atoms with Crippen LogP contribution in [-0.4, -0.2) is 28.1 Å². The van der Waals surface area contributed by atoms with Gasteiger partial charge in [0.15, 0.2) is 0 Å². The number of Topliss-reactive ketones (excluding diaryl/α,β-unsaturated/α-hetero) is 1. The molecule has 166 valence electrons. The summed E-state index contributed by atoms with van der Waals surface area (Å²) in [6.07, 6.45) is 12.4. The number of nitrogens with zero attached hydrogens (tertiary/aromatic N) is 1. The SMILES string of the molecule is C[C@]12CC[C@H]3[C@@H](CC[C@@H]4C[C@@](O)(CCF)CC[C@@H]43)[C@@H]1CC[C@@H]2C(=O)Cc1nccs1. The maximum absolute atomic E-state index is 13.2. The molecule has 0 bridgehead atoms. The summed E-state index contributed by atoms with van der Waals surface area (Å²) in [6.45, 7) is 2.01. The van der Waals surface area contributed by atoms with Gasteiger partial charge in [0.1, 0.15) is 5.78 Å². The molecular formula is C25H36FNO2S. The Kier molecular flexibility index (Phi) is 5.58. The largest absolute Gasteiger partial charge is 0.390 e. The van der Waals surface area contributed by atoms with Crippen LogP contribution in [0.1, 0.15) is 76.1 Å². The van der Waals surface area contributed by atoms with E-state index in [-0.39, 0.29) is 11.3 Å². The van der Waals surface area contributed by atoms with Crippen LogP contribution in [0.4, 0.5) is 4.39 Å². The van der Waals surface area contributed by atoms with Crippen LogP contribution in [0.5, 0.6) is 0 Å². The van der Waals surface area contributed by atoms with Gasteiger partial charge >= 0.3 is 0 Å². The first-order chi connectivity index (χ1) is 14.4. The Morgan fingerprint density at radius 1 is 1.17 bits per heavy atom. The van der Waals surface area contributed by atoms with Crippen molar-refractivity contribution in [1.82, 2.24) is 4.98 Å². The molecule has 5 rings (SSSR count). The van der Waals surface area contributed by atoms with Crippen LogP contribution in [0.15, 0.2) is 11.6 Å². The number of thiazole rings is 1. The van der Waals surface area contributed by atoms with Gasteiger partial charge in [-0.2, -0.15) is 0 Å². The summed E-state index contributed by atoms with van der Waals surface area (Å²) >= 11 is 1.60. The van der Waals surface area contributed by atoms with Crippen LogP contribution < -0.4 is 0 Å². The third-order valence-electron chi connectivity index (χ3n) is 9.86. The van der Waals surface area contributed by atoms with Crippen LogP contribution in [0.25, 0.3) is 0 Å². The number of rotatable bonds is 5.